The lowest BCUT2D eigenvalue weighted by atomic mass is 10.1. The van der Waals surface area contributed by atoms with Gasteiger partial charge in [-0.25, -0.2) is 13.6 Å². The van der Waals surface area contributed by atoms with Crippen molar-refractivity contribution in [2.45, 2.75) is 6.92 Å². The maximum Gasteiger partial charge on any atom is 0.335 e. The highest BCUT2D eigenvalue weighted by atomic mass is 19.1. The molecule has 0 atom stereocenters. The van der Waals surface area contributed by atoms with Gasteiger partial charge in [-0.15, -0.1) is 0 Å². The number of nitrogens with one attached hydrogen (secondary N) is 1. The summed E-state index contributed by atoms with van der Waals surface area (Å²) in [6, 6.07) is 7.55. The number of aryl methyl sites for hydroxylation is 1. The number of benzene rings is 2. The Morgan fingerprint density at radius 3 is 2.32 bits per heavy atom. The Balaban J connectivity index is 2.37. The van der Waals surface area contributed by atoms with E-state index in [0.29, 0.717) is 5.69 Å². The predicted octanol–water partition coefficient (Wildman–Crippen LogP) is 3.72. The van der Waals surface area contributed by atoms with Gasteiger partial charge in [-0.1, -0.05) is 6.07 Å². The van der Waals surface area contributed by atoms with Crippen LogP contribution in [0.1, 0.15) is 15.9 Å². The summed E-state index contributed by atoms with van der Waals surface area (Å²) in [5.74, 6) is -2.46. The number of hydrogen-bond acceptors (Lipinski definition) is 2. The number of anilines is 2. The van der Waals surface area contributed by atoms with Crippen LogP contribution in [0, 0.1) is 18.6 Å². The van der Waals surface area contributed by atoms with Gasteiger partial charge in [-0.3, -0.25) is 0 Å². The zero-order valence-corrected chi connectivity index (χ0v) is 10.1. The average molecular weight is 263 g/mol. The Morgan fingerprint density at radius 1 is 1.11 bits per heavy atom. The summed E-state index contributed by atoms with van der Waals surface area (Å²) in [5, 5.41) is 11.7. The highest BCUT2D eigenvalue weighted by Crippen LogP contribution is 2.23. The third kappa shape index (κ3) is 3.07. The molecule has 2 aromatic rings. The van der Waals surface area contributed by atoms with Crippen LogP contribution in [0.25, 0.3) is 0 Å². The van der Waals surface area contributed by atoms with Crippen LogP contribution in [-0.4, -0.2) is 11.1 Å². The molecule has 0 bridgehead atoms. The van der Waals surface area contributed by atoms with Crippen LogP contribution in [0.2, 0.25) is 0 Å². The molecule has 0 radical (unpaired) electrons. The average Bonchev–Trinajstić information content (AvgIpc) is 2.30. The van der Waals surface area contributed by atoms with Crippen molar-refractivity contribution in [3.8, 4) is 0 Å². The smallest absolute Gasteiger partial charge is 0.335 e. The summed E-state index contributed by atoms with van der Waals surface area (Å²) in [6.07, 6.45) is 0. The lowest BCUT2D eigenvalue weighted by Gasteiger charge is -2.10. The van der Waals surface area contributed by atoms with Crippen molar-refractivity contribution in [1.29, 1.82) is 0 Å². The Labute approximate surface area is 108 Å². The molecule has 0 saturated heterocycles. The molecular weight excluding hydrogens is 252 g/mol. The van der Waals surface area contributed by atoms with E-state index in [1.165, 1.54) is 12.1 Å². The third-order valence-corrected chi connectivity index (χ3v) is 2.63. The van der Waals surface area contributed by atoms with E-state index in [2.05, 4.69) is 5.32 Å². The van der Waals surface area contributed by atoms with Crippen molar-refractivity contribution in [3.63, 3.8) is 0 Å². The van der Waals surface area contributed by atoms with Gasteiger partial charge in [0.15, 0.2) is 0 Å². The summed E-state index contributed by atoms with van der Waals surface area (Å²) in [5.41, 5.74) is 1.59. The number of carboxylic acid groups (broad SMARTS) is 1. The molecule has 0 amide bonds. The van der Waals surface area contributed by atoms with Crippen molar-refractivity contribution < 1.29 is 18.7 Å². The Hall–Kier alpha value is -2.43. The van der Waals surface area contributed by atoms with Crippen LogP contribution in [0.4, 0.5) is 20.2 Å². The molecule has 0 aliphatic carbocycles. The standard InChI is InChI=1S/C14H11F2NO2/c1-8-2-3-9(14(18)19)4-13(8)17-12-6-10(15)5-11(16)7-12/h2-7,17H,1H3,(H,18,19). The maximum atomic E-state index is 13.1. The van der Waals surface area contributed by atoms with Crippen LogP contribution in [0.3, 0.4) is 0 Å². The molecule has 5 heteroatoms. The van der Waals surface area contributed by atoms with Gasteiger partial charge in [0.2, 0.25) is 0 Å². The van der Waals surface area contributed by atoms with Crippen molar-refractivity contribution >= 4 is 17.3 Å². The first-order chi connectivity index (χ1) is 8.95. The van der Waals surface area contributed by atoms with Gasteiger partial charge in [0, 0.05) is 17.4 Å². The molecule has 3 nitrogen and oxygen atoms in total. The zero-order valence-electron chi connectivity index (χ0n) is 10.1. The van der Waals surface area contributed by atoms with Gasteiger partial charge in [0.1, 0.15) is 11.6 Å². The van der Waals surface area contributed by atoms with Crippen LogP contribution < -0.4 is 5.32 Å². The van der Waals surface area contributed by atoms with Gasteiger partial charge in [0.05, 0.1) is 5.56 Å². The monoisotopic (exact) mass is 263 g/mol. The lowest BCUT2D eigenvalue weighted by molar-refractivity contribution is 0.0697. The van der Waals surface area contributed by atoms with E-state index in [9.17, 15) is 13.6 Å². The van der Waals surface area contributed by atoms with E-state index in [0.717, 1.165) is 23.8 Å². The van der Waals surface area contributed by atoms with Gasteiger partial charge in [-0.05, 0) is 36.8 Å². The number of rotatable bonds is 3. The van der Waals surface area contributed by atoms with E-state index in [1.807, 2.05) is 0 Å². The fraction of sp³-hybridized carbons (Fsp3) is 0.0714. The van der Waals surface area contributed by atoms with Crippen LogP contribution in [0.5, 0.6) is 0 Å². The van der Waals surface area contributed by atoms with Crippen molar-refractivity contribution in [2.75, 3.05) is 5.32 Å². The van der Waals surface area contributed by atoms with Crippen molar-refractivity contribution in [3.05, 3.63) is 59.2 Å². The molecular formula is C14H11F2NO2. The minimum absolute atomic E-state index is 0.102. The SMILES string of the molecule is Cc1ccc(C(=O)O)cc1Nc1cc(F)cc(F)c1. The van der Waals surface area contributed by atoms with E-state index in [4.69, 9.17) is 5.11 Å². The molecule has 2 aromatic carbocycles. The molecule has 0 heterocycles. The molecule has 0 saturated carbocycles. The first-order valence-electron chi connectivity index (χ1n) is 5.53. The molecule has 98 valence electrons. The van der Waals surface area contributed by atoms with Crippen LogP contribution in [-0.2, 0) is 0 Å². The normalized spacial score (nSPS) is 10.3. The number of halogens is 2. The Kier molecular flexibility index (Phi) is 3.46. The summed E-state index contributed by atoms with van der Waals surface area (Å²) < 4.78 is 26.1. The maximum absolute atomic E-state index is 13.1. The number of carbonyl (C=O) groups is 1. The first-order valence-corrected chi connectivity index (χ1v) is 5.53. The van der Waals surface area contributed by atoms with Gasteiger partial charge in [0.25, 0.3) is 0 Å². The molecule has 0 aliphatic heterocycles. The fourth-order valence-electron chi connectivity index (χ4n) is 1.67. The van der Waals surface area contributed by atoms with E-state index in [-0.39, 0.29) is 11.3 Å². The molecule has 0 spiro atoms. The molecule has 2 rings (SSSR count). The van der Waals surface area contributed by atoms with Gasteiger partial charge >= 0.3 is 5.97 Å². The van der Waals surface area contributed by atoms with Gasteiger partial charge < -0.3 is 10.4 Å². The summed E-state index contributed by atoms with van der Waals surface area (Å²) in [6.45, 7) is 1.77. The Bertz CT molecular complexity index is 621. The topological polar surface area (TPSA) is 49.3 Å². The summed E-state index contributed by atoms with van der Waals surface area (Å²) in [4.78, 5) is 10.9. The fourth-order valence-corrected chi connectivity index (χ4v) is 1.67. The highest BCUT2D eigenvalue weighted by Gasteiger charge is 2.07. The van der Waals surface area contributed by atoms with Crippen LogP contribution >= 0.6 is 0 Å². The molecule has 0 fully saturated rings. The summed E-state index contributed by atoms with van der Waals surface area (Å²) >= 11 is 0. The molecule has 0 aliphatic rings. The van der Waals surface area contributed by atoms with Crippen molar-refractivity contribution in [1.82, 2.24) is 0 Å². The van der Waals surface area contributed by atoms with Crippen molar-refractivity contribution in [2.24, 2.45) is 0 Å². The van der Waals surface area contributed by atoms with Crippen LogP contribution in [0.15, 0.2) is 36.4 Å². The van der Waals surface area contributed by atoms with E-state index in [1.54, 1.807) is 13.0 Å². The van der Waals surface area contributed by atoms with Gasteiger partial charge in [-0.2, -0.15) is 0 Å². The largest absolute Gasteiger partial charge is 0.478 e. The molecule has 2 N–H and O–H groups in total. The molecule has 0 unspecified atom stereocenters. The third-order valence-electron chi connectivity index (χ3n) is 2.63. The highest BCUT2D eigenvalue weighted by molar-refractivity contribution is 5.89. The second-order valence-corrected chi connectivity index (χ2v) is 4.12. The second kappa shape index (κ2) is 5.06. The minimum Gasteiger partial charge on any atom is -0.478 e. The predicted molar refractivity (Wildman–Crippen MR) is 67.8 cm³/mol. The molecule has 19 heavy (non-hydrogen) atoms. The first kappa shape index (κ1) is 13.0. The Morgan fingerprint density at radius 2 is 1.74 bits per heavy atom. The minimum atomic E-state index is -1.06. The second-order valence-electron chi connectivity index (χ2n) is 4.12. The van der Waals surface area contributed by atoms with E-state index < -0.39 is 17.6 Å². The number of carboxylic acids is 1. The number of aromatic carboxylic acids is 1. The summed E-state index contributed by atoms with van der Waals surface area (Å²) in [7, 11) is 0. The van der Waals surface area contributed by atoms with E-state index >= 15 is 0 Å². The lowest BCUT2D eigenvalue weighted by Crippen LogP contribution is -2.00. The molecule has 0 aromatic heterocycles. The zero-order chi connectivity index (χ0) is 14.0. The number of hydrogen-bond donors (Lipinski definition) is 2. The quantitative estimate of drug-likeness (QED) is 0.887.